The van der Waals surface area contributed by atoms with Gasteiger partial charge in [0.25, 0.3) is 0 Å². The number of carbonyl (C=O) groups is 1. The lowest BCUT2D eigenvalue weighted by atomic mass is 10.0. The summed E-state index contributed by atoms with van der Waals surface area (Å²) in [7, 11) is 0. The van der Waals surface area contributed by atoms with Gasteiger partial charge in [-0.3, -0.25) is 9.69 Å². The van der Waals surface area contributed by atoms with Crippen molar-refractivity contribution in [2.45, 2.75) is 51.1 Å². The summed E-state index contributed by atoms with van der Waals surface area (Å²) in [5, 5.41) is 14.9. The number of alkyl halides is 1. The highest BCUT2D eigenvalue weighted by molar-refractivity contribution is 6.30. The number of nitrogens with zero attached hydrogens (tertiary/aromatic N) is 1. The molecule has 0 radical (unpaired) electrons. The van der Waals surface area contributed by atoms with Crippen molar-refractivity contribution in [2.75, 3.05) is 19.6 Å². The number of rotatable bonds is 10. The van der Waals surface area contributed by atoms with Crippen LogP contribution in [0.25, 0.3) is 11.1 Å². The van der Waals surface area contributed by atoms with Gasteiger partial charge in [-0.15, -0.1) is 0 Å². The second-order valence-corrected chi connectivity index (χ2v) is 10.3. The molecule has 0 aromatic heterocycles. The lowest BCUT2D eigenvalue weighted by Crippen LogP contribution is -2.47. The smallest absolute Gasteiger partial charge is 0.224 e. The second-order valence-electron chi connectivity index (χ2n) is 9.88. The quantitative estimate of drug-likeness (QED) is 0.362. The van der Waals surface area contributed by atoms with Crippen molar-refractivity contribution in [2.24, 2.45) is 0 Å². The summed E-state index contributed by atoms with van der Waals surface area (Å²) in [6.45, 7) is 5.19. The molecule has 1 heterocycles. The molecule has 0 saturated carbocycles. The topological polar surface area (TPSA) is 61.8 Å². The summed E-state index contributed by atoms with van der Waals surface area (Å²) in [5.74, 6) is 0.521. The Morgan fingerprint density at radius 3 is 2.24 bits per heavy atom. The van der Waals surface area contributed by atoms with E-state index in [9.17, 15) is 14.3 Å². The summed E-state index contributed by atoms with van der Waals surface area (Å²) in [6.07, 6.45) is -1.12. The Labute approximate surface area is 223 Å². The fourth-order valence-electron chi connectivity index (χ4n) is 4.60. The molecule has 0 spiro atoms. The van der Waals surface area contributed by atoms with Gasteiger partial charge in [0.2, 0.25) is 5.91 Å². The molecular weight excluding hydrogens is 491 g/mol. The van der Waals surface area contributed by atoms with Crippen molar-refractivity contribution in [1.82, 2.24) is 10.2 Å². The summed E-state index contributed by atoms with van der Waals surface area (Å²) in [5.41, 5.74) is 3.62. The van der Waals surface area contributed by atoms with Gasteiger partial charge in [-0.2, -0.15) is 0 Å². The third-order valence-corrected chi connectivity index (χ3v) is 6.74. The van der Waals surface area contributed by atoms with Crippen LogP contribution in [0.5, 0.6) is 5.75 Å². The molecule has 1 saturated heterocycles. The van der Waals surface area contributed by atoms with Gasteiger partial charge in [-0.05, 0) is 66.8 Å². The van der Waals surface area contributed by atoms with Crippen LogP contribution in [0.1, 0.15) is 37.5 Å². The number of aliphatic hydroxyl groups is 1. The molecule has 3 unspecified atom stereocenters. The van der Waals surface area contributed by atoms with Crippen molar-refractivity contribution in [3.8, 4) is 16.9 Å². The molecule has 0 bridgehead atoms. The molecule has 5 nitrogen and oxygen atoms in total. The van der Waals surface area contributed by atoms with Gasteiger partial charge in [0.05, 0.1) is 18.6 Å². The number of likely N-dealkylation sites (tertiary alicyclic amines) is 1. The van der Waals surface area contributed by atoms with Crippen molar-refractivity contribution in [3.05, 3.63) is 88.9 Å². The molecule has 1 aliphatic heterocycles. The molecule has 1 amide bonds. The molecule has 1 aliphatic rings. The van der Waals surface area contributed by atoms with Crippen molar-refractivity contribution < 1.29 is 19.0 Å². The van der Waals surface area contributed by atoms with Crippen molar-refractivity contribution >= 4 is 17.5 Å². The Bertz CT molecular complexity index is 1150. The molecular formula is C30H34ClFN2O3. The third-order valence-electron chi connectivity index (χ3n) is 6.49. The number of benzene rings is 3. The average Bonchev–Trinajstić information content (AvgIpc) is 3.29. The standard InChI is InChI=1S/C30H34ClFN2O3/c1-20(2)37-27-13-9-24(10-14-27)30(36)28(19-34-16-15-26(32)18-34)33-29(35)17-21-3-5-22(6-4-21)23-7-11-25(31)12-8-23/h3-14,20,26,28,30,36H,15-19H2,1-2H3,(H,33,35). The van der Waals surface area contributed by atoms with Crippen LogP contribution in [-0.4, -0.2) is 53.9 Å². The number of hydrogen-bond donors (Lipinski definition) is 2. The highest BCUT2D eigenvalue weighted by atomic mass is 35.5. The number of halogens is 2. The van der Waals surface area contributed by atoms with Gasteiger partial charge in [-0.25, -0.2) is 4.39 Å². The van der Waals surface area contributed by atoms with Gasteiger partial charge in [0, 0.05) is 24.7 Å². The molecule has 4 rings (SSSR count). The molecule has 196 valence electrons. The van der Waals surface area contributed by atoms with E-state index in [-0.39, 0.29) is 18.4 Å². The predicted molar refractivity (Wildman–Crippen MR) is 146 cm³/mol. The summed E-state index contributed by atoms with van der Waals surface area (Å²) >= 11 is 5.98. The maximum Gasteiger partial charge on any atom is 0.224 e. The Kier molecular flexibility index (Phi) is 9.19. The zero-order chi connectivity index (χ0) is 26.4. The van der Waals surface area contributed by atoms with E-state index >= 15 is 0 Å². The molecule has 1 fully saturated rings. The normalized spacial score (nSPS) is 17.5. The highest BCUT2D eigenvalue weighted by Crippen LogP contribution is 2.24. The van der Waals surface area contributed by atoms with Crippen molar-refractivity contribution in [3.63, 3.8) is 0 Å². The van der Waals surface area contributed by atoms with Gasteiger partial charge >= 0.3 is 0 Å². The number of nitrogens with one attached hydrogen (secondary N) is 1. The fraction of sp³-hybridized carbons (Fsp3) is 0.367. The van der Waals surface area contributed by atoms with Crippen LogP contribution >= 0.6 is 11.6 Å². The van der Waals surface area contributed by atoms with Crippen LogP contribution in [0.4, 0.5) is 4.39 Å². The van der Waals surface area contributed by atoms with Crippen LogP contribution in [0.2, 0.25) is 5.02 Å². The van der Waals surface area contributed by atoms with E-state index in [4.69, 9.17) is 16.3 Å². The fourth-order valence-corrected chi connectivity index (χ4v) is 4.73. The highest BCUT2D eigenvalue weighted by Gasteiger charge is 2.29. The molecule has 3 aromatic carbocycles. The van der Waals surface area contributed by atoms with Crippen LogP contribution in [-0.2, 0) is 11.2 Å². The second kappa shape index (κ2) is 12.5. The Balaban J connectivity index is 1.43. The van der Waals surface area contributed by atoms with Crippen LogP contribution in [0.3, 0.4) is 0 Å². The van der Waals surface area contributed by atoms with E-state index in [1.54, 1.807) is 12.1 Å². The number of aliphatic hydroxyl groups excluding tert-OH is 1. The van der Waals surface area contributed by atoms with Gasteiger partial charge in [-0.1, -0.05) is 60.1 Å². The number of ether oxygens (including phenoxy) is 1. The first-order valence-corrected chi connectivity index (χ1v) is 13.1. The van der Waals surface area contributed by atoms with E-state index in [1.165, 1.54) is 0 Å². The van der Waals surface area contributed by atoms with E-state index in [0.717, 1.165) is 16.7 Å². The average molecular weight is 525 g/mol. The first kappa shape index (κ1) is 27.1. The van der Waals surface area contributed by atoms with E-state index in [0.29, 0.717) is 42.4 Å². The maximum atomic E-state index is 13.8. The Hall–Kier alpha value is -2.93. The minimum Gasteiger partial charge on any atom is -0.491 e. The Morgan fingerprint density at radius 1 is 1.05 bits per heavy atom. The number of carbonyl (C=O) groups excluding carboxylic acids is 1. The van der Waals surface area contributed by atoms with Crippen LogP contribution in [0.15, 0.2) is 72.8 Å². The van der Waals surface area contributed by atoms with Crippen LogP contribution < -0.4 is 10.1 Å². The Morgan fingerprint density at radius 2 is 1.68 bits per heavy atom. The molecule has 7 heteroatoms. The lowest BCUT2D eigenvalue weighted by Gasteiger charge is -2.29. The predicted octanol–water partition coefficient (Wildman–Crippen LogP) is 5.60. The summed E-state index contributed by atoms with van der Waals surface area (Å²) < 4.78 is 19.5. The minimum atomic E-state index is -0.942. The van der Waals surface area contributed by atoms with Crippen molar-refractivity contribution in [1.29, 1.82) is 0 Å². The largest absolute Gasteiger partial charge is 0.491 e. The van der Waals surface area contributed by atoms with Gasteiger partial charge in [0.15, 0.2) is 0 Å². The number of amides is 1. The molecule has 3 aromatic rings. The molecule has 0 aliphatic carbocycles. The van der Waals surface area contributed by atoms with Crippen LogP contribution in [0, 0.1) is 0 Å². The minimum absolute atomic E-state index is 0.0480. The molecule has 3 atom stereocenters. The third kappa shape index (κ3) is 7.78. The van der Waals surface area contributed by atoms with Gasteiger partial charge in [0.1, 0.15) is 18.0 Å². The van der Waals surface area contributed by atoms with Gasteiger partial charge < -0.3 is 15.2 Å². The van der Waals surface area contributed by atoms with E-state index in [1.807, 2.05) is 79.4 Å². The van der Waals surface area contributed by atoms with E-state index in [2.05, 4.69) is 5.32 Å². The SMILES string of the molecule is CC(C)Oc1ccc(C(O)C(CN2CCC(F)C2)NC(=O)Cc2ccc(-c3ccc(Cl)cc3)cc2)cc1. The first-order valence-electron chi connectivity index (χ1n) is 12.7. The molecule has 37 heavy (non-hydrogen) atoms. The first-order chi connectivity index (χ1) is 17.8. The monoisotopic (exact) mass is 524 g/mol. The zero-order valence-electron chi connectivity index (χ0n) is 21.2. The molecule has 2 N–H and O–H groups in total. The zero-order valence-corrected chi connectivity index (χ0v) is 22.0. The summed E-state index contributed by atoms with van der Waals surface area (Å²) in [6, 6.07) is 22.1. The maximum absolute atomic E-state index is 13.8. The summed E-state index contributed by atoms with van der Waals surface area (Å²) in [4.78, 5) is 15.0. The number of hydrogen-bond acceptors (Lipinski definition) is 4. The van der Waals surface area contributed by atoms with E-state index < -0.39 is 18.3 Å². The lowest BCUT2D eigenvalue weighted by molar-refractivity contribution is -0.122.